The molecule has 0 fully saturated rings. The number of halogens is 6. The molecule has 0 radical (unpaired) electrons. The molecule has 0 heterocycles. The zero-order valence-corrected chi connectivity index (χ0v) is 6.52. The van der Waals surface area contributed by atoms with Crippen LogP contribution in [0, 0.1) is 0 Å². The predicted molar refractivity (Wildman–Crippen MR) is 29.7 cm³/mol. The summed E-state index contributed by atoms with van der Waals surface area (Å²) in [5.74, 6) is 0. The van der Waals surface area contributed by atoms with Crippen LogP contribution in [0.3, 0.4) is 0 Å². The van der Waals surface area contributed by atoms with Crippen molar-refractivity contribution in [1.82, 2.24) is 0 Å². The molecule has 0 aliphatic carbocycles. The van der Waals surface area contributed by atoms with Crippen LogP contribution in [0.5, 0.6) is 0 Å². The van der Waals surface area contributed by atoms with E-state index in [1.807, 2.05) is 0 Å². The SMILES string of the molecule is O=C(F)C(F)(Br)C(F)(F)Cl. The van der Waals surface area contributed by atoms with Gasteiger partial charge >= 0.3 is 16.0 Å². The quantitative estimate of drug-likeness (QED) is 0.413. The van der Waals surface area contributed by atoms with Crippen LogP contribution >= 0.6 is 27.5 Å². The van der Waals surface area contributed by atoms with E-state index in [-0.39, 0.29) is 0 Å². The van der Waals surface area contributed by atoms with Gasteiger partial charge in [-0.05, 0) is 27.5 Å². The second-order valence-corrected chi connectivity index (χ2v) is 2.91. The molecule has 0 aliphatic heterocycles. The molecular weight excluding hydrogens is 243 g/mol. The van der Waals surface area contributed by atoms with E-state index in [2.05, 4.69) is 11.6 Å². The van der Waals surface area contributed by atoms with Crippen molar-refractivity contribution in [2.24, 2.45) is 0 Å². The topological polar surface area (TPSA) is 17.1 Å². The lowest BCUT2D eigenvalue weighted by molar-refractivity contribution is -0.145. The molecule has 1 nitrogen and oxygen atoms in total. The van der Waals surface area contributed by atoms with Crippen LogP contribution in [-0.2, 0) is 4.79 Å². The van der Waals surface area contributed by atoms with Gasteiger partial charge in [0.05, 0.1) is 0 Å². The summed E-state index contributed by atoms with van der Waals surface area (Å²) in [6.07, 6.45) is 0. The monoisotopic (exact) mass is 242 g/mol. The van der Waals surface area contributed by atoms with E-state index < -0.39 is 16.0 Å². The van der Waals surface area contributed by atoms with Crippen molar-refractivity contribution in [1.29, 1.82) is 0 Å². The number of rotatable bonds is 2. The Bertz CT molecular complexity index is 153. The first kappa shape index (κ1) is 10.2. The van der Waals surface area contributed by atoms with E-state index in [9.17, 15) is 22.4 Å². The highest BCUT2D eigenvalue weighted by molar-refractivity contribution is 9.10. The smallest absolute Gasteiger partial charge is 0.256 e. The summed E-state index contributed by atoms with van der Waals surface area (Å²) < 4.78 is 42.5. The first-order valence-corrected chi connectivity index (χ1v) is 3.01. The molecule has 0 aliphatic rings. The van der Waals surface area contributed by atoms with E-state index in [1.165, 1.54) is 15.9 Å². The highest BCUT2D eigenvalue weighted by Crippen LogP contribution is 2.42. The van der Waals surface area contributed by atoms with Gasteiger partial charge in [-0.1, -0.05) is 0 Å². The van der Waals surface area contributed by atoms with E-state index in [0.29, 0.717) is 0 Å². The third kappa shape index (κ3) is 1.82. The van der Waals surface area contributed by atoms with Gasteiger partial charge in [0.25, 0.3) is 0 Å². The molecule has 60 valence electrons. The van der Waals surface area contributed by atoms with Crippen LogP contribution in [0.15, 0.2) is 0 Å². The van der Waals surface area contributed by atoms with Gasteiger partial charge in [0, 0.05) is 0 Å². The first-order valence-electron chi connectivity index (χ1n) is 1.84. The van der Waals surface area contributed by atoms with Crippen molar-refractivity contribution >= 4 is 33.6 Å². The largest absolute Gasteiger partial charge is 0.375 e. The van der Waals surface area contributed by atoms with Crippen LogP contribution in [0.1, 0.15) is 0 Å². The maximum Gasteiger partial charge on any atom is 0.375 e. The van der Waals surface area contributed by atoms with Crippen molar-refractivity contribution in [3.05, 3.63) is 0 Å². The highest BCUT2D eigenvalue weighted by Gasteiger charge is 2.58. The van der Waals surface area contributed by atoms with E-state index in [1.54, 1.807) is 0 Å². The molecule has 0 N–H and O–H groups in total. The molecule has 0 rings (SSSR count). The fraction of sp³-hybridized carbons (Fsp3) is 0.667. The van der Waals surface area contributed by atoms with Gasteiger partial charge in [0.1, 0.15) is 0 Å². The minimum absolute atomic E-state index is 1.49. The van der Waals surface area contributed by atoms with Gasteiger partial charge in [-0.2, -0.15) is 13.2 Å². The van der Waals surface area contributed by atoms with Crippen LogP contribution in [0.4, 0.5) is 17.6 Å². The summed E-state index contributed by atoms with van der Waals surface area (Å²) in [5, 5.41) is -4.58. The molecule has 0 saturated carbocycles. The molecule has 0 spiro atoms. The Morgan fingerprint density at radius 3 is 1.70 bits per heavy atom. The summed E-state index contributed by atoms with van der Waals surface area (Å²) in [7, 11) is 0. The molecular formula is C3BrClF4O. The fourth-order valence-corrected chi connectivity index (χ4v) is 0.186. The molecule has 0 saturated heterocycles. The lowest BCUT2D eigenvalue weighted by Gasteiger charge is -2.16. The average Bonchev–Trinajstić information content (AvgIpc) is 1.62. The third-order valence-corrected chi connectivity index (χ3v) is 1.90. The molecule has 0 bridgehead atoms. The second kappa shape index (κ2) is 2.65. The number of carbonyl (C=O) groups excluding carboxylic acids is 1. The molecule has 1 unspecified atom stereocenters. The number of carbonyl (C=O) groups is 1. The van der Waals surface area contributed by atoms with E-state index >= 15 is 0 Å². The number of hydrogen-bond acceptors (Lipinski definition) is 1. The molecule has 10 heavy (non-hydrogen) atoms. The molecule has 7 heteroatoms. The maximum absolute atomic E-state index is 12.0. The Kier molecular flexibility index (Phi) is 2.70. The fourth-order valence-electron chi connectivity index (χ4n) is 0.111. The van der Waals surface area contributed by atoms with Crippen LogP contribution in [0.2, 0.25) is 0 Å². The third-order valence-electron chi connectivity index (χ3n) is 0.603. The van der Waals surface area contributed by atoms with Gasteiger partial charge in [0.2, 0.25) is 0 Å². The summed E-state index contributed by atoms with van der Waals surface area (Å²) in [6.45, 7) is 0. The van der Waals surface area contributed by atoms with Gasteiger partial charge in [-0.3, -0.25) is 4.79 Å². The van der Waals surface area contributed by atoms with Gasteiger partial charge < -0.3 is 0 Å². The Morgan fingerprint density at radius 2 is 1.70 bits per heavy atom. The minimum atomic E-state index is -4.58. The number of hydrogen-bond donors (Lipinski definition) is 0. The lowest BCUT2D eigenvalue weighted by Crippen LogP contribution is -2.39. The average molecular weight is 243 g/mol. The van der Waals surface area contributed by atoms with E-state index in [0.717, 1.165) is 0 Å². The molecule has 0 aromatic rings. The predicted octanol–water partition coefficient (Wildman–Crippen LogP) is 2.37. The Balaban J connectivity index is 4.57. The van der Waals surface area contributed by atoms with Gasteiger partial charge in [-0.25, -0.2) is 4.39 Å². The summed E-state index contributed by atoms with van der Waals surface area (Å²) in [4.78, 5) is 9.46. The van der Waals surface area contributed by atoms with Crippen molar-refractivity contribution in [3.8, 4) is 0 Å². The lowest BCUT2D eigenvalue weighted by atomic mass is 10.4. The normalized spacial score (nSPS) is 18.2. The summed E-state index contributed by atoms with van der Waals surface area (Å²) >= 11 is 5.50. The molecule has 0 amide bonds. The molecule has 0 aromatic heterocycles. The highest BCUT2D eigenvalue weighted by atomic mass is 79.9. The minimum Gasteiger partial charge on any atom is -0.256 e. The molecule has 1 atom stereocenters. The van der Waals surface area contributed by atoms with Gasteiger partial charge in [0.15, 0.2) is 0 Å². The second-order valence-electron chi connectivity index (χ2n) is 1.35. The zero-order valence-electron chi connectivity index (χ0n) is 4.18. The van der Waals surface area contributed by atoms with Crippen molar-refractivity contribution in [2.75, 3.05) is 0 Å². The molecule has 0 aromatic carbocycles. The Morgan fingerprint density at radius 1 is 1.40 bits per heavy atom. The van der Waals surface area contributed by atoms with Crippen molar-refractivity contribution in [2.45, 2.75) is 9.96 Å². The van der Waals surface area contributed by atoms with Crippen molar-refractivity contribution < 1.29 is 22.4 Å². The van der Waals surface area contributed by atoms with E-state index in [4.69, 9.17) is 0 Å². The van der Waals surface area contributed by atoms with Crippen LogP contribution in [0.25, 0.3) is 0 Å². The van der Waals surface area contributed by atoms with Crippen LogP contribution in [-0.4, -0.2) is 16.0 Å². The van der Waals surface area contributed by atoms with Crippen molar-refractivity contribution in [3.63, 3.8) is 0 Å². The summed E-state index contributed by atoms with van der Waals surface area (Å²) in [5.41, 5.74) is 0. The van der Waals surface area contributed by atoms with Crippen LogP contribution < -0.4 is 0 Å². The van der Waals surface area contributed by atoms with Gasteiger partial charge in [-0.15, -0.1) is 0 Å². The maximum atomic E-state index is 12.0. The Labute approximate surface area is 66.5 Å². The number of alkyl halides is 5. The standard InChI is InChI=1S/C3BrClF4O/c4-2(7,1(6)10)3(5,8)9. The first-order chi connectivity index (χ1) is 4.19. The summed E-state index contributed by atoms with van der Waals surface area (Å²) in [6, 6.07) is -2.87. The zero-order chi connectivity index (χ0) is 8.58. The Hall–Kier alpha value is 0.160.